The van der Waals surface area contributed by atoms with Gasteiger partial charge in [-0.1, -0.05) is 0 Å². The number of carbonyl (C=O) groups is 1. The minimum absolute atomic E-state index is 0.101. The Hall–Kier alpha value is -1.62. The molecule has 3 atom stereocenters. The molecule has 5 heteroatoms. The van der Waals surface area contributed by atoms with Crippen LogP contribution < -0.4 is 10.6 Å². The van der Waals surface area contributed by atoms with Gasteiger partial charge in [0.15, 0.2) is 0 Å². The second-order valence-electron chi connectivity index (χ2n) is 5.52. The van der Waals surface area contributed by atoms with Crippen molar-refractivity contribution >= 4 is 11.7 Å². The molecule has 20 heavy (non-hydrogen) atoms. The summed E-state index contributed by atoms with van der Waals surface area (Å²) in [5, 5.41) is 6.15. The number of rotatable bonds is 3. The monoisotopic (exact) mass is 275 g/mol. The minimum Gasteiger partial charge on any atom is -0.378 e. The molecular weight excluding hydrogens is 254 g/mol. The number of nitrogens with one attached hydrogen (secondary N) is 2. The molecule has 1 saturated carbocycles. The quantitative estimate of drug-likeness (QED) is 0.883. The SMILES string of the molecule is CNC(=O)c1cccnc1N[C@@H]1CCC[C@@H]2OCC[C@@H]21. The Labute approximate surface area is 119 Å². The number of nitrogens with zero attached hydrogens (tertiary/aromatic N) is 1. The lowest BCUT2D eigenvalue weighted by Gasteiger charge is -2.33. The molecule has 0 spiro atoms. The molecule has 1 aliphatic heterocycles. The third-order valence-electron chi connectivity index (χ3n) is 4.38. The van der Waals surface area contributed by atoms with Gasteiger partial charge in [-0.2, -0.15) is 0 Å². The number of hydrogen-bond acceptors (Lipinski definition) is 4. The van der Waals surface area contributed by atoms with Gasteiger partial charge in [-0.15, -0.1) is 0 Å². The lowest BCUT2D eigenvalue weighted by Crippen LogP contribution is -2.39. The molecule has 5 nitrogen and oxygen atoms in total. The predicted octanol–water partition coefficient (Wildman–Crippen LogP) is 1.81. The van der Waals surface area contributed by atoms with Crippen molar-refractivity contribution in [2.45, 2.75) is 37.8 Å². The first kappa shape index (κ1) is 13.4. The fourth-order valence-corrected chi connectivity index (χ4v) is 3.37. The van der Waals surface area contributed by atoms with Crippen molar-refractivity contribution in [1.82, 2.24) is 10.3 Å². The molecule has 108 valence electrons. The lowest BCUT2D eigenvalue weighted by molar-refractivity contribution is 0.0619. The zero-order chi connectivity index (χ0) is 13.9. The van der Waals surface area contributed by atoms with Crippen LogP contribution in [0.25, 0.3) is 0 Å². The molecule has 3 rings (SSSR count). The smallest absolute Gasteiger partial charge is 0.254 e. The summed E-state index contributed by atoms with van der Waals surface area (Å²) in [6.45, 7) is 0.859. The first-order valence-corrected chi connectivity index (χ1v) is 7.35. The topological polar surface area (TPSA) is 63.2 Å². The van der Waals surface area contributed by atoms with Crippen molar-refractivity contribution in [1.29, 1.82) is 0 Å². The summed E-state index contributed by atoms with van der Waals surface area (Å²) in [5.74, 6) is 1.13. The number of amides is 1. The van der Waals surface area contributed by atoms with E-state index in [1.54, 1.807) is 25.4 Å². The molecule has 2 aliphatic rings. The Morgan fingerprint density at radius 3 is 3.15 bits per heavy atom. The average Bonchev–Trinajstić information content (AvgIpc) is 2.96. The highest BCUT2D eigenvalue weighted by Gasteiger charge is 2.38. The zero-order valence-corrected chi connectivity index (χ0v) is 11.8. The van der Waals surface area contributed by atoms with Crippen LogP contribution in [-0.2, 0) is 4.74 Å². The highest BCUT2D eigenvalue weighted by atomic mass is 16.5. The van der Waals surface area contributed by atoms with Gasteiger partial charge in [0.2, 0.25) is 0 Å². The number of carbonyl (C=O) groups excluding carboxylic acids is 1. The summed E-state index contributed by atoms with van der Waals surface area (Å²) >= 11 is 0. The van der Waals surface area contributed by atoms with E-state index >= 15 is 0 Å². The summed E-state index contributed by atoms with van der Waals surface area (Å²) in [7, 11) is 1.64. The summed E-state index contributed by atoms with van der Waals surface area (Å²) in [4.78, 5) is 16.2. The van der Waals surface area contributed by atoms with Crippen LogP contribution in [-0.4, -0.2) is 36.7 Å². The largest absolute Gasteiger partial charge is 0.378 e. The van der Waals surface area contributed by atoms with Gasteiger partial charge in [0.05, 0.1) is 11.7 Å². The van der Waals surface area contributed by atoms with Crippen LogP contribution in [0.5, 0.6) is 0 Å². The van der Waals surface area contributed by atoms with Crippen molar-refractivity contribution in [2.75, 3.05) is 19.0 Å². The summed E-state index contributed by atoms with van der Waals surface area (Å²) in [6.07, 6.45) is 6.65. The van der Waals surface area contributed by atoms with Crippen molar-refractivity contribution < 1.29 is 9.53 Å². The maximum absolute atomic E-state index is 11.9. The van der Waals surface area contributed by atoms with Crippen LogP contribution in [0.2, 0.25) is 0 Å². The molecule has 0 radical (unpaired) electrons. The summed E-state index contributed by atoms with van der Waals surface area (Å²) in [5.41, 5.74) is 0.607. The Kier molecular flexibility index (Phi) is 3.87. The van der Waals surface area contributed by atoms with E-state index in [1.165, 1.54) is 6.42 Å². The molecule has 1 saturated heterocycles. The van der Waals surface area contributed by atoms with Crippen molar-refractivity contribution in [3.63, 3.8) is 0 Å². The van der Waals surface area contributed by atoms with Gasteiger partial charge in [0.1, 0.15) is 5.82 Å². The first-order valence-electron chi connectivity index (χ1n) is 7.35. The van der Waals surface area contributed by atoms with Crippen LogP contribution in [0, 0.1) is 5.92 Å². The minimum atomic E-state index is -0.101. The number of hydrogen-bond donors (Lipinski definition) is 2. The van der Waals surface area contributed by atoms with E-state index in [0.717, 1.165) is 25.9 Å². The molecule has 0 aromatic carbocycles. The Morgan fingerprint density at radius 1 is 1.40 bits per heavy atom. The van der Waals surface area contributed by atoms with Gasteiger partial charge < -0.3 is 15.4 Å². The normalized spacial score (nSPS) is 28.8. The Bertz CT molecular complexity index is 492. The highest BCUT2D eigenvalue weighted by molar-refractivity contribution is 5.98. The number of fused-ring (bicyclic) bond motifs is 1. The van der Waals surface area contributed by atoms with Crippen LogP contribution in [0.15, 0.2) is 18.3 Å². The van der Waals surface area contributed by atoms with Crippen LogP contribution >= 0.6 is 0 Å². The van der Waals surface area contributed by atoms with Crippen LogP contribution in [0.4, 0.5) is 5.82 Å². The van der Waals surface area contributed by atoms with E-state index in [2.05, 4.69) is 15.6 Å². The number of ether oxygens (including phenoxy) is 1. The molecule has 2 N–H and O–H groups in total. The van der Waals surface area contributed by atoms with Crippen LogP contribution in [0.1, 0.15) is 36.0 Å². The standard InChI is InChI=1S/C15H21N3O2/c1-16-15(19)11-4-3-8-17-14(11)18-12-5-2-6-13-10(12)7-9-20-13/h3-4,8,10,12-13H,2,5-7,9H2,1H3,(H,16,19)(H,17,18)/t10-,12-,13+/m1/s1. The lowest BCUT2D eigenvalue weighted by atomic mass is 9.82. The third kappa shape index (κ3) is 2.50. The molecular formula is C15H21N3O2. The second kappa shape index (κ2) is 5.79. The number of anilines is 1. The number of pyridine rings is 1. The van der Waals surface area contributed by atoms with Crippen molar-refractivity contribution in [3.8, 4) is 0 Å². The molecule has 1 amide bonds. The van der Waals surface area contributed by atoms with E-state index < -0.39 is 0 Å². The third-order valence-corrected chi connectivity index (χ3v) is 4.38. The second-order valence-corrected chi connectivity index (χ2v) is 5.52. The molecule has 1 aliphatic carbocycles. The van der Waals surface area contributed by atoms with E-state index in [4.69, 9.17) is 4.74 Å². The maximum atomic E-state index is 11.9. The van der Waals surface area contributed by atoms with Gasteiger partial charge in [-0.25, -0.2) is 4.98 Å². The molecule has 1 aromatic heterocycles. The van der Waals surface area contributed by atoms with E-state index in [-0.39, 0.29) is 5.91 Å². The van der Waals surface area contributed by atoms with E-state index in [1.807, 2.05) is 0 Å². The fourth-order valence-electron chi connectivity index (χ4n) is 3.37. The fraction of sp³-hybridized carbons (Fsp3) is 0.600. The van der Waals surface area contributed by atoms with E-state index in [9.17, 15) is 4.79 Å². The summed E-state index contributed by atoms with van der Waals surface area (Å²) < 4.78 is 5.78. The molecule has 2 heterocycles. The first-order chi connectivity index (χ1) is 9.79. The van der Waals surface area contributed by atoms with Crippen LogP contribution in [0.3, 0.4) is 0 Å². The summed E-state index contributed by atoms with van der Waals surface area (Å²) in [6, 6.07) is 3.95. The maximum Gasteiger partial charge on any atom is 0.254 e. The van der Waals surface area contributed by atoms with Crippen molar-refractivity contribution in [3.05, 3.63) is 23.9 Å². The average molecular weight is 275 g/mol. The molecule has 2 fully saturated rings. The molecule has 1 aromatic rings. The van der Waals surface area contributed by atoms with Crippen molar-refractivity contribution in [2.24, 2.45) is 5.92 Å². The van der Waals surface area contributed by atoms with Gasteiger partial charge >= 0.3 is 0 Å². The van der Waals surface area contributed by atoms with Gasteiger partial charge in [0.25, 0.3) is 5.91 Å². The predicted molar refractivity (Wildman–Crippen MR) is 76.7 cm³/mol. The van der Waals surface area contributed by atoms with Gasteiger partial charge in [-0.05, 0) is 37.8 Å². The zero-order valence-electron chi connectivity index (χ0n) is 11.8. The Balaban J connectivity index is 1.78. The van der Waals surface area contributed by atoms with Gasteiger partial charge in [0, 0.05) is 31.8 Å². The van der Waals surface area contributed by atoms with Gasteiger partial charge in [-0.3, -0.25) is 4.79 Å². The molecule has 0 unspecified atom stereocenters. The number of aromatic nitrogens is 1. The highest BCUT2D eigenvalue weighted by Crippen LogP contribution is 2.36. The molecule has 0 bridgehead atoms. The Morgan fingerprint density at radius 2 is 2.30 bits per heavy atom. The van der Waals surface area contributed by atoms with E-state index in [0.29, 0.717) is 29.4 Å².